The smallest absolute Gasteiger partial charge is 0.0595 e. The van der Waals surface area contributed by atoms with Crippen molar-refractivity contribution >= 4 is 23.2 Å². The van der Waals surface area contributed by atoms with Crippen LogP contribution in [0.2, 0.25) is 10.0 Å². The van der Waals surface area contributed by atoms with E-state index in [-0.39, 0.29) is 0 Å². The summed E-state index contributed by atoms with van der Waals surface area (Å²) in [5.74, 6) is 1.59. The summed E-state index contributed by atoms with van der Waals surface area (Å²) in [5, 5.41) is 1.29. The zero-order valence-corrected chi connectivity index (χ0v) is 11.9. The summed E-state index contributed by atoms with van der Waals surface area (Å²) in [5.41, 5.74) is 1.25. The molecule has 0 radical (unpaired) electrons. The molecule has 0 spiro atoms. The van der Waals surface area contributed by atoms with Gasteiger partial charge in [-0.15, -0.1) is 0 Å². The predicted octanol–water partition coefficient (Wildman–Crippen LogP) is 4.47. The fourth-order valence-electron chi connectivity index (χ4n) is 2.82. The van der Waals surface area contributed by atoms with Crippen molar-refractivity contribution < 1.29 is 0 Å². The molecule has 1 saturated heterocycles. The fraction of sp³-hybridized carbons (Fsp3) is 0.571. The first-order valence-electron chi connectivity index (χ1n) is 6.21. The van der Waals surface area contributed by atoms with Crippen LogP contribution < -0.4 is 0 Å². The van der Waals surface area contributed by atoms with Crippen LogP contribution >= 0.6 is 23.2 Å². The van der Waals surface area contributed by atoms with E-state index in [2.05, 4.69) is 24.8 Å². The minimum atomic E-state index is 0.635. The minimum absolute atomic E-state index is 0.635. The van der Waals surface area contributed by atoms with Crippen LogP contribution in [0.1, 0.15) is 25.8 Å². The molecular formula is C14H19Cl2N. The molecule has 0 N–H and O–H groups in total. The number of rotatable bonds is 2. The van der Waals surface area contributed by atoms with Crippen molar-refractivity contribution in [2.24, 2.45) is 11.8 Å². The first-order valence-corrected chi connectivity index (χ1v) is 6.96. The Hall–Kier alpha value is -0.240. The molecule has 1 aliphatic rings. The van der Waals surface area contributed by atoms with Gasteiger partial charge >= 0.3 is 0 Å². The molecule has 1 heterocycles. The maximum atomic E-state index is 6.04. The van der Waals surface area contributed by atoms with E-state index in [0.29, 0.717) is 10.0 Å². The van der Waals surface area contributed by atoms with Crippen molar-refractivity contribution in [2.45, 2.75) is 26.8 Å². The number of halogens is 2. The van der Waals surface area contributed by atoms with Crippen LogP contribution in [0.3, 0.4) is 0 Å². The number of piperidine rings is 1. The fourth-order valence-corrected chi connectivity index (χ4v) is 3.14. The summed E-state index contributed by atoms with van der Waals surface area (Å²) in [6, 6.07) is 5.93. The van der Waals surface area contributed by atoms with Gasteiger partial charge in [0, 0.05) is 19.6 Å². The zero-order valence-electron chi connectivity index (χ0n) is 10.4. The molecule has 2 rings (SSSR count). The van der Waals surface area contributed by atoms with Crippen LogP contribution in [-0.4, -0.2) is 18.0 Å². The van der Waals surface area contributed by atoms with Crippen LogP contribution in [-0.2, 0) is 6.54 Å². The highest BCUT2D eigenvalue weighted by Crippen LogP contribution is 2.26. The SMILES string of the molecule is CC1CC(C)CN(Cc2ccc(Cl)c(Cl)c2)C1. The maximum absolute atomic E-state index is 6.04. The normalized spacial score (nSPS) is 26.1. The standard InChI is InChI=1S/C14H19Cl2N/c1-10-5-11(2)8-17(7-10)9-12-3-4-13(15)14(16)6-12/h3-4,6,10-11H,5,7-9H2,1-2H3. The minimum Gasteiger partial charge on any atom is -0.299 e. The monoisotopic (exact) mass is 271 g/mol. The van der Waals surface area contributed by atoms with E-state index in [4.69, 9.17) is 23.2 Å². The van der Waals surface area contributed by atoms with Gasteiger partial charge in [-0.25, -0.2) is 0 Å². The van der Waals surface area contributed by atoms with Gasteiger partial charge in [-0.3, -0.25) is 4.90 Å². The number of hydrogen-bond donors (Lipinski definition) is 0. The second-order valence-electron chi connectivity index (χ2n) is 5.39. The summed E-state index contributed by atoms with van der Waals surface area (Å²) in [7, 11) is 0. The van der Waals surface area contributed by atoms with Gasteiger partial charge in [-0.05, 0) is 36.0 Å². The Morgan fingerprint density at radius 2 is 1.76 bits per heavy atom. The highest BCUT2D eigenvalue weighted by Gasteiger charge is 2.21. The van der Waals surface area contributed by atoms with E-state index in [0.717, 1.165) is 18.4 Å². The Morgan fingerprint density at radius 3 is 2.35 bits per heavy atom. The van der Waals surface area contributed by atoms with Gasteiger partial charge in [-0.2, -0.15) is 0 Å². The highest BCUT2D eigenvalue weighted by molar-refractivity contribution is 6.42. The third-order valence-electron chi connectivity index (χ3n) is 3.33. The maximum Gasteiger partial charge on any atom is 0.0595 e. The van der Waals surface area contributed by atoms with E-state index >= 15 is 0 Å². The van der Waals surface area contributed by atoms with Crippen molar-refractivity contribution in [3.05, 3.63) is 33.8 Å². The lowest BCUT2D eigenvalue weighted by molar-refractivity contribution is 0.134. The molecule has 1 fully saturated rings. The average molecular weight is 272 g/mol. The van der Waals surface area contributed by atoms with Crippen LogP contribution in [0, 0.1) is 11.8 Å². The summed E-state index contributed by atoms with van der Waals surface area (Å²) >= 11 is 12.0. The number of hydrogen-bond acceptors (Lipinski definition) is 1. The molecular weight excluding hydrogens is 253 g/mol. The van der Waals surface area contributed by atoms with Crippen molar-refractivity contribution in [3.8, 4) is 0 Å². The Kier molecular flexibility index (Phi) is 4.35. The summed E-state index contributed by atoms with van der Waals surface area (Å²) < 4.78 is 0. The van der Waals surface area contributed by atoms with E-state index in [1.807, 2.05) is 12.1 Å². The molecule has 94 valence electrons. The quantitative estimate of drug-likeness (QED) is 0.767. The Morgan fingerprint density at radius 1 is 1.12 bits per heavy atom. The largest absolute Gasteiger partial charge is 0.299 e. The molecule has 17 heavy (non-hydrogen) atoms. The third kappa shape index (κ3) is 3.61. The number of nitrogens with zero attached hydrogens (tertiary/aromatic N) is 1. The molecule has 0 bridgehead atoms. The lowest BCUT2D eigenvalue weighted by Crippen LogP contribution is -2.38. The first-order chi connectivity index (χ1) is 8.04. The highest BCUT2D eigenvalue weighted by atomic mass is 35.5. The van der Waals surface area contributed by atoms with Gasteiger partial charge in [0.2, 0.25) is 0 Å². The molecule has 0 amide bonds. The third-order valence-corrected chi connectivity index (χ3v) is 4.07. The first kappa shape index (κ1) is 13.2. The topological polar surface area (TPSA) is 3.24 Å². The number of benzene rings is 1. The summed E-state index contributed by atoms with van der Waals surface area (Å²) in [6.45, 7) is 8.01. The average Bonchev–Trinajstić information content (AvgIpc) is 2.22. The molecule has 2 unspecified atom stereocenters. The predicted molar refractivity (Wildman–Crippen MR) is 74.7 cm³/mol. The van der Waals surface area contributed by atoms with Gasteiger partial charge in [0.05, 0.1) is 10.0 Å². The molecule has 1 aromatic carbocycles. The molecule has 0 aliphatic carbocycles. The van der Waals surface area contributed by atoms with Gasteiger partial charge in [-0.1, -0.05) is 43.1 Å². The van der Waals surface area contributed by atoms with Crippen molar-refractivity contribution in [3.63, 3.8) is 0 Å². The Bertz CT molecular complexity index is 382. The Balaban J connectivity index is 2.02. The Labute approximate surface area is 114 Å². The lowest BCUT2D eigenvalue weighted by atomic mass is 9.91. The molecule has 0 saturated carbocycles. The van der Waals surface area contributed by atoms with Gasteiger partial charge < -0.3 is 0 Å². The van der Waals surface area contributed by atoms with Gasteiger partial charge in [0.25, 0.3) is 0 Å². The molecule has 1 nitrogen and oxygen atoms in total. The van der Waals surface area contributed by atoms with Crippen LogP contribution in [0.25, 0.3) is 0 Å². The van der Waals surface area contributed by atoms with E-state index < -0.39 is 0 Å². The number of likely N-dealkylation sites (tertiary alicyclic amines) is 1. The molecule has 0 aromatic heterocycles. The van der Waals surface area contributed by atoms with Crippen molar-refractivity contribution in [2.75, 3.05) is 13.1 Å². The molecule has 2 atom stereocenters. The molecule has 1 aliphatic heterocycles. The van der Waals surface area contributed by atoms with Gasteiger partial charge in [0.1, 0.15) is 0 Å². The van der Waals surface area contributed by atoms with E-state index in [1.165, 1.54) is 25.1 Å². The van der Waals surface area contributed by atoms with Crippen LogP contribution in [0.5, 0.6) is 0 Å². The van der Waals surface area contributed by atoms with E-state index in [1.54, 1.807) is 0 Å². The summed E-state index contributed by atoms with van der Waals surface area (Å²) in [4.78, 5) is 2.51. The van der Waals surface area contributed by atoms with Crippen LogP contribution in [0.4, 0.5) is 0 Å². The van der Waals surface area contributed by atoms with Crippen molar-refractivity contribution in [1.82, 2.24) is 4.90 Å². The molecule has 3 heteroatoms. The van der Waals surface area contributed by atoms with Gasteiger partial charge in [0.15, 0.2) is 0 Å². The van der Waals surface area contributed by atoms with E-state index in [9.17, 15) is 0 Å². The second-order valence-corrected chi connectivity index (χ2v) is 6.20. The lowest BCUT2D eigenvalue weighted by Gasteiger charge is -2.35. The van der Waals surface area contributed by atoms with Crippen molar-refractivity contribution in [1.29, 1.82) is 0 Å². The molecule has 1 aromatic rings. The van der Waals surface area contributed by atoms with Crippen LogP contribution in [0.15, 0.2) is 18.2 Å². The summed E-state index contributed by atoms with van der Waals surface area (Å²) in [6.07, 6.45) is 1.35. The zero-order chi connectivity index (χ0) is 12.4. The second kappa shape index (κ2) is 5.60.